The largest absolute Gasteiger partial charge is 0.496 e. The molecule has 1 aromatic heterocycles. The number of hydrogen-bond donors (Lipinski definition) is 0. The SMILES string of the molecule is COc1ccccc1-c1nc2n(c1C)CCc1ccccc1C2OC1CCN(C)CC1. The van der Waals surface area contributed by atoms with Crippen LogP contribution < -0.4 is 4.74 Å². The molecule has 0 amide bonds. The predicted molar refractivity (Wildman–Crippen MR) is 123 cm³/mol. The van der Waals surface area contributed by atoms with Crippen LogP contribution in [-0.4, -0.2) is 47.8 Å². The molecule has 2 aliphatic rings. The Labute approximate surface area is 184 Å². The maximum absolute atomic E-state index is 6.83. The van der Waals surface area contributed by atoms with Crippen LogP contribution in [0.25, 0.3) is 11.3 Å². The Bertz CT molecular complexity index is 1070. The van der Waals surface area contributed by atoms with E-state index in [4.69, 9.17) is 14.5 Å². The molecule has 1 unspecified atom stereocenters. The van der Waals surface area contributed by atoms with Crippen molar-refractivity contribution in [3.8, 4) is 17.0 Å². The number of rotatable bonds is 4. The number of likely N-dealkylation sites (tertiary alicyclic amines) is 1. The predicted octanol–water partition coefficient (Wildman–Crippen LogP) is 4.62. The molecule has 31 heavy (non-hydrogen) atoms. The first kappa shape index (κ1) is 20.3. The lowest BCUT2D eigenvalue weighted by molar-refractivity contribution is -0.0276. The lowest BCUT2D eigenvalue weighted by atomic mass is 9.99. The molecule has 0 N–H and O–H groups in total. The van der Waals surface area contributed by atoms with Gasteiger partial charge in [0.2, 0.25) is 0 Å². The first-order valence-electron chi connectivity index (χ1n) is 11.3. The van der Waals surface area contributed by atoms with E-state index in [9.17, 15) is 0 Å². The second kappa shape index (κ2) is 8.48. The molecule has 5 heteroatoms. The fourth-order valence-electron chi connectivity index (χ4n) is 4.97. The zero-order chi connectivity index (χ0) is 21.4. The lowest BCUT2D eigenvalue weighted by Gasteiger charge is -2.32. The van der Waals surface area contributed by atoms with Crippen molar-refractivity contribution in [3.05, 3.63) is 71.2 Å². The van der Waals surface area contributed by atoms with E-state index in [0.29, 0.717) is 0 Å². The summed E-state index contributed by atoms with van der Waals surface area (Å²) in [5.41, 5.74) is 5.82. The summed E-state index contributed by atoms with van der Waals surface area (Å²) in [5, 5.41) is 0. The van der Waals surface area contributed by atoms with Crippen molar-refractivity contribution in [2.45, 2.75) is 44.9 Å². The summed E-state index contributed by atoms with van der Waals surface area (Å²) in [6.07, 6.45) is 3.23. The molecule has 3 heterocycles. The van der Waals surface area contributed by atoms with Crippen molar-refractivity contribution in [1.29, 1.82) is 0 Å². The van der Waals surface area contributed by atoms with E-state index < -0.39 is 0 Å². The van der Waals surface area contributed by atoms with Crippen molar-refractivity contribution in [2.24, 2.45) is 0 Å². The molecule has 2 aromatic carbocycles. The lowest BCUT2D eigenvalue weighted by Crippen LogP contribution is -2.35. The van der Waals surface area contributed by atoms with Crippen LogP contribution in [0.15, 0.2) is 48.5 Å². The van der Waals surface area contributed by atoms with Crippen LogP contribution in [0, 0.1) is 6.92 Å². The molecule has 5 rings (SSSR count). The number of piperidine rings is 1. The molecule has 1 atom stereocenters. The van der Waals surface area contributed by atoms with Gasteiger partial charge in [-0.1, -0.05) is 36.4 Å². The van der Waals surface area contributed by atoms with Crippen LogP contribution in [0.3, 0.4) is 0 Å². The van der Waals surface area contributed by atoms with Crippen LogP contribution in [0.5, 0.6) is 5.75 Å². The zero-order valence-electron chi connectivity index (χ0n) is 18.7. The van der Waals surface area contributed by atoms with Gasteiger partial charge >= 0.3 is 0 Å². The molecular weight excluding hydrogens is 386 g/mol. The molecule has 5 nitrogen and oxygen atoms in total. The van der Waals surface area contributed by atoms with Gasteiger partial charge in [-0.3, -0.25) is 0 Å². The van der Waals surface area contributed by atoms with Crippen LogP contribution >= 0.6 is 0 Å². The van der Waals surface area contributed by atoms with Gasteiger partial charge < -0.3 is 18.9 Å². The normalized spacial score (nSPS) is 19.5. The van der Waals surface area contributed by atoms with Gasteiger partial charge in [0.15, 0.2) is 0 Å². The first-order chi connectivity index (χ1) is 15.2. The molecule has 0 radical (unpaired) electrons. The average molecular weight is 418 g/mol. The second-order valence-electron chi connectivity index (χ2n) is 8.72. The summed E-state index contributed by atoms with van der Waals surface area (Å²) in [6.45, 7) is 5.24. The molecule has 2 aliphatic heterocycles. The number of methoxy groups -OCH3 is 1. The van der Waals surface area contributed by atoms with Gasteiger partial charge in [0.1, 0.15) is 17.7 Å². The highest BCUT2D eigenvalue weighted by molar-refractivity contribution is 5.69. The summed E-state index contributed by atoms with van der Waals surface area (Å²) in [6, 6.07) is 16.9. The van der Waals surface area contributed by atoms with E-state index in [2.05, 4.69) is 53.8 Å². The number of benzene rings is 2. The Balaban J connectivity index is 1.59. The number of fused-ring (bicyclic) bond motifs is 2. The quantitative estimate of drug-likeness (QED) is 0.621. The fraction of sp³-hybridized carbons (Fsp3) is 0.423. The summed E-state index contributed by atoms with van der Waals surface area (Å²) in [4.78, 5) is 7.58. The van der Waals surface area contributed by atoms with Crippen LogP contribution in [0.4, 0.5) is 0 Å². The highest BCUT2D eigenvalue weighted by atomic mass is 16.5. The van der Waals surface area contributed by atoms with E-state index in [0.717, 1.165) is 61.7 Å². The van der Waals surface area contributed by atoms with E-state index >= 15 is 0 Å². The molecule has 0 bridgehead atoms. The Morgan fingerprint density at radius 2 is 1.71 bits per heavy atom. The van der Waals surface area contributed by atoms with Crippen molar-refractivity contribution in [2.75, 3.05) is 27.2 Å². The minimum Gasteiger partial charge on any atom is -0.496 e. The standard InChI is InChI=1S/C26H31N3O2/c1-18-24(22-10-6-7-11-23(22)30-3)27-26-25(31-20-13-15-28(2)16-14-20)21-9-5-4-8-19(21)12-17-29(18)26/h4-11,20,25H,12-17H2,1-3H3. The fourth-order valence-corrected chi connectivity index (χ4v) is 4.97. The van der Waals surface area contributed by atoms with Crippen molar-refractivity contribution in [3.63, 3.8) is 0 Å². The Kier molecular flexibility index (Phi) is 5.55. The van der Waals surface area contributed by atoms with Gasteiger partial charge in [0.05, 0.1) is 18.9 Å². The monoisotopic (exact) mass is 417 g/mol. The van der Waals surface area contributed by atoms with E-state index in [1.807, 2.05) is 18.2 Å². The van der Waals surface area contributed by atoms with Gasteiger partial charge in [-0.15, -0.1) is 0 Å². The number of hydrogen-bond acceptors (Lipinski definition) is 4. The number of nitrogens with zero attached hydrogens (tertiary/aromatic N) is 3. The Morgan fingerprint density at radius 3 is 2.52 bits per heavy atom. The maximum Gasteiger partial charge on any atom is 0.143 e. The molecular formula is C26H31N3O2. The van der Waals surface area contributed by atoms with E-state index in [-0.39, 0.29) is 12.2 Å². The topological polar surface area (TPSA) is 39.5 Å². The van der Waals surface area contributed by atoms with Crippen LogP contribution in [0.1, 0.15) is 41.6 Å². The Hall–Kier alpha value is -2.63. The molecule has 0 saturated carbocycles. The number of ether oxygens (including phenoxy) is 2. The number of para-hydroxylation sites is 1. The zero-order valence-corrected chi connectivity index (χ0v) is 18.7. The third-order valence-electron chi connectivity index (χ3n) is 6.78. The summed E-state index contributed by atoms with van der Waals surface area (Å²) < 4.78 is 14.8. The van der Waals surface area contributed by atoms with Crippen molar-refractivity contribution in [1.82, 2.24) is 14.5 Å². The molecule has 0 spiro atoms. The molecule has 162 valence electrons. The molecule has 1 saturated heterocycles. The maximum atomic E-state index is 6.83. The highest BCUT2D eigenvalue weighted by Crippen LogP contribution is 2.39. The van der Waals surface area contributed by atoms with E-state index in [1.165, 1.54) is 16.8 Å². The smallest absolute Gasteiger partial charge is 0.143 e. The third-order valence-corrected chi connectivity index (χ3v) is 6.78. The van der Waals surface area contributed by atoms with Crippen LogP contribution in [0.2, 0.25) is 0 Å². The van der Waals surface area contributed by atoms with Gasteiger partial charge in [0, 0.05) is 30.9 Å². The number of aromatic nitrogens is 2. The minimum absolute atomic E-state index is 0.144. The van der Waals surface area contributed by atoms with Crippen LogP contribution in [-0.2, 0) is 17.7 Å². The summed E-state index contributed by atoms with van der Waals surface area (Å²) in [7, 11) is 3.91. The van der Waals surface area contributed by atoms with Gasteiger partial charge in [-0.05, 0) is 56.5 Å². The summed E-state index contributed by atoms with van der Waals surface area (Å²) in [5.74, 6) is 1.87. The number of aryl methyl sites for hydroxylation is 1. The average Bonchev–Trinajstić information content (AvgIpc) is 3.04. The molecule has 0 aliphatic carbocycles. The Morgan fingerprint density at radius 1 is 0.968 bits per heavy atom. The van der Waals surface area contributed by atoms with Gasteiger partial charge in [-0.25, -0.2) is 4.98 Å². The molecule has 1 fully saturated rings. The molecule has 3 aromatic rings. The highest BCUT2D eigenvalue weighted by Gasteiger charge is 2.32. The first-order valence-corrected chi connectivity index (χ1v) is 11.3. The van der Waals surface area contributed by atoms with E-state index in [1.54, 1.807) is 7.11 Å². The van der Waals surface area contributed by atoms with Gasteiger partial charge in [-0.2, -0.15) is 0 Å². The summed E-state index contributed by atoms with van der Waals surface area (Å²) >= 11 is 0. The minimum atomic E-state index is -0.144. The van der Waals surface area contributed by atoms with Gasteiger partial charge in [0.25, 0.3) is 0 Å². The third kappa shape index (κ3) is 3.77. The second-order valence-corrected chi connectivity index (χ2v) is 8.72. The van der Waals surface area contributed by atoms with Crippen molar-refractivity contribution >= 4 is 0 Å². The number of imidazole rings is 1. The van der Waals surface area contributed by atoms with Crippen molar-refractivity contribution < 1.29 is 9.47 Å².